The van der Waals surface area contributed by atoms with Crippen LogP contribution in [0.2, 0.25) is 0 Å². The first-order chi connectivity index (χ1) is 25.7. The van der Waals surface area contributed by atoms with Crippen LogP contribution in [0.5, 0.6) is 0 Å². The van der Waals surface area contributed by atoms with Crippen LogP contribution in [0, 0.1) is 0 Å². The lowest BCUT2D eigenvalue weighted by molar-refractivity contribution is 0.332. The Labute approximate surface area is 313 Å². The first-order valence-electron chi connectivity index (χ1n) is 19.5. The average molecular weight is 688 g/mol. The normalized spacial score (nSPS) is 17.4. The van der Waals surface area contributed by atoms with E-state index >= 15 is 0 Å². The molecule has 1 saturated carbocycles. The second-order valence-electron chi connectivity index (χ2n) is 17.0. The molecule has 0 aliphatic heterocycles. The van der Waals surface area contributed by atoms with Crippen molar-refractivity contribution in [3.8, 4) is 56.4 Å². The summed E-state index contributed by atoms with van der Waals surface area (Å²) in [6.45, 7) is 9.53. The average Bonchev–Trinajstić information content (AvgIpc) is 3.80. The summed E-state index contributed by atoms with van der Waals surface area (Å²) in [5, 5.41) is 2.47. The molecule has 53 heavy (non-hydrogen) atoms. The van der Waals surface area contributed by atoms with Gasteiger partial charge in [0.15, 0.2) is 17.5 Å². The van der Waals surface area contributed by atoms with Crippen LogP contribution in [0.1, 0.15) is 88.5 Å². The van der Waals surface area contributed by atoms with Crippen molar-refractivity contribution in [2.45, 2.75) is 82.5 Å². The number of benzene rings is 6. The number of hydrogen-bond acceptors (Lipinski definition) is 3. The third-order valence-electron chi connectivity index (χ3n) is 13.0. The maximum absolute atomic E-state index is 5.32. The van der Waals surface area contributed by atoms with Gasteiger partial charge in [0.2, 0.25) is 0 Å². The summed E-state index contributed by atoms with van der Waals surface area (Å²) in [4.78, 5) is 15.9. The second-order valence-corrected chi connectivity index (χ2v) is 17.0. The summed E-state index contributed by atoms with van der Waals surface area (Å²) in [5.41, 5.74) is 14.3. The molecule has 3 heteroatoms. The third kappa shape index (κ3) is 5.11. The molecule has 1 aromatic heterocycles. The minimum Gasteiger partial charge on any atom is -0.208 e. The highest BCUT2D eigenvalue weighted by atomic mass is 15.0. The van der Waals surface area contributed by atoms with Gasteiger partial charge in [0, 0.05) is 22.1 Å². The van der Waals surface area contributed by atoms with Crippen LogP contribution >= 0.6 is 0 Å². The predicted molar refractivity (Wildman–Crippen MR) is 219 cm³/mol. The van der Waals surface area contributed by atoms with Gasteiger partial charge in [-0.05, 0) is 110 Å². The van der Waals surface area contributed by atoms with E-state index in [1.54, 1.807) is 0 Å². The van der Waals surface area contributed by atoms with Crippen LogP contribution in [0.15, 0.2) is 127 Å². The molecule has 3 nitrogen and oxygen atoms in total. The molecule has 0 unspecified atom stereocenters. The Morgan fingerprint density at radius 3 is 1.72 bits per heavy atom. The zero-order valence-electron chi connectivity index (χ0n) is 31.2. The Morgan fingerprint density at radius 1 is 0.396 bits per heavy atom. The Hall–Kier alpha value is -5.41. The quantitative estimate of drug-likeness (QED) is 0.185. The zero-order chi connectivity index (χ0) is 36.0. The Balaban J connectivity index is 1.16. The minimum absolute atomic E-state index is 0.0737. The maximum atomic E-state index is 5.32. The molecule has 3 aliphatic rings. The molecule has 7 aromatic rings. The van der Waals surface area contributed by atoms with Gasteiger partial charge in [-0.15, -0.1) is 0 Å². The zero-order valence-corrected chi connectivity index (χ0v) is 31.2. The second kappa shape index (κ2) is 11.8. The summed E-state index contributed by atoms with van der Waals surface area (Å²) in [6, 6.07) is 46.8. The molecule has 1 spiro atoms. The molecule has 0 saturated heterocycles. The van der Waals surface area contributed by atoms with Crippen LogP contribution < -0.4 is 0 Å². The van der Waals surface area contributed by atoms with Crippen molar-refractivity contribution in [3.05, 3.63) is 150 Å². The van der Waals surface area contributed by atoms with Crippen molar-refractivity contribution in [1.82, 2.24) is 15.0 Å². The smallest absolute Gasteiger partial charge is 0.164 e. The van der Waals surface area contributed by atoms with Crippen LogP contribution in [0.4, 0.5) is 0 Å². The monoisotopic (exact) mass is 687 g/mol. The van der Waals surface area contributed by atoms with Crippen molar-refractivity contribution in [3.63, 3.8) is 0 Å². The van der Waals surface area contributed by atoms with Gasteiger partial charge in [-0.2, -0.15) is 0 Å². The lowest BCUT2D eigenvalue weighted by Crippen LogP contribution is -2.33. The Kier molecular flexibility index (Phi) is 7.18. The van der Waals surface area contributed by atoms with Crippen LogP contribution in [-0.4, -0.2) is 15.0 Å². The summed E-state index contributed by atoms with van der Waals surface area (Å²) >= 11 is 0. The van der Waals surface area contributed by atoms with Gasteiger partial charge in [0.05, 0.1) is 0 Å². The van der Waals surface area contributed by atoms with E-state index in [2.05, 4.69) is 155 Å². The van der Waals surface area contributed by atoms with Crippen molar-refractivity contribution >= 4 is 10.8 Å². The number of aromatic nitrogens is 3. The topological polar surface area (TPSA) is 38.7 Å². The fourth-order valence-electron chi connectivity index (χ4n) is 9.91. The Bertz CT molecular complexity index is 2580. The molecule has 260 valence electrons. The molecule has 0 bridgehead atoms. The Morgan fingerprint density at radius 2 is 0.943 bits per heavy atom. The van der Waals surface area contributed by atoms with Crippen LogP contribution in [0.25, 0.3) is 67.2 Å². The molecular formula is C50H45N3. The van der Waals surface area contributed by atoms with Crippen LogP contribution in [0.3, 0.4) is 0 Å². The number of hydrogen-bond donors (Lipinski definition) is 0. The molecule has 10 rings (SSSR count). The van der Waals surface area contributed by atoms with Gasteiger partial charge < -0.3 is 0 Å². The minimum atomic E-state index is 0.0737. The molecule has 1 heterocycles. The highest BCUT2D eigenvalue weighted by Gasteiger charge is 2.45. The van der Waals surface area contributed by atoms with Gasteiger partial charge in [-0.25, -0.2) is 15.0 Å². The molecular weight excluding hydrogens is 643 g/mol. The highest BCUT2D eigenvalue weighted by Crippen LogP contribution is 2.57. The van der Waals surface area contributed by atoms with E-state index < -0.39 is 0 Å². The molecule has 6 aromatic carbocycles. The van der Waals surface area contributed by atoms with E-state index in [4.69, 9.17) is 15.0 Å². The van der Waals surface area contributed by atoms with E-state index in [1.165, 1.54) is 81.8 Å². The van der Waals surface area contributed by atoms with E-state index in [0.29, 0.717) is 5.82 Å². The van der Waals surface area contributed by atoms with Gasteiger partial charge in [-0.1, -0.05) is 150 Å². The summed E-state index contributed by atoms with van der Waals surface area (Å²) in [6.07, 6.45) is 7.24. The predicted octanol–water partition coefficient (Wildman–Crippen LogP) is 12.9. The first kappa shape index (κ1) is 32.3. The maximum Gasteiger partial charge on any atom is 0.164 e. The highest BCUT2D eigenvalue weighted by molar-refractivity contribution is 5.97. The number of fused-ring (bicyclic) bond motifs is 7. The van der Waals surface area contributed by atoms with Crippen molar-refractivity contribution < 1.29 is 0 Å². The lowest BCUT2D eigenvalue weighted by atomic mass is 9.63. The van der Waals surface area contributed by atoms with Gasteiger partial charge in [0.1, 0.15) is 0 Å². The fraction of sp³-hybridized carbons (Fsp3) is 0.260. The van der Waals surface area contributed by atoms with Gasteiger partial charge in [0.25, 0.3) is 0 Å². The molecule has 0 radical (unpaired) electrons. The van der Waals surface area contributed by atoms with Crippen molar-refractivity contribution in [1.29, 1.82) is 0 Å². The molecule has 0 amide bonds. The van der Waals surface area contributed by atoms with Crippen molar-refractivity contribution in [2.24, 2.45) is 0 Å². The van der Waals surface area contributed by atoms with Gasteiger partial charge >= 0.3 is 0 Å². The molecule has 1 fully saturated rings. The third-order valence-corrected chi connectivity index (χ3v) is 13.0. The largest absolute Gasteiger partial charge is 0.208 e. The fourth-order valence-corrected chi connectivity index (χ4v) is 9.91. The lowest BCUT2D eigenvalue weighted by Gasteiger charge is -2.42. The molecule has 3 aliphatic carbocycles. The van der Waals surface area contributed by atoms with Crippen molar-refractivity contribution in [2.75, 3.05) is 0 Å². The van der Waals surface area contributed by atoms with E-state index in [1.807, 2.05) is 0 Å². The summed E-state index contributed by atoms with van der Waals surface area (Å²) in [7, 11) is 0. The molecule has 0 atom stereocenters. The van der Waals surface area contributed by atoms with E-state index in [9.17, 15) is 0 Å². The van der Waals surface area contributed by atoms with Crippen LogP contribution in [-0.2, 0) is 16.2 Å². The number of rotatable bonds is 4. The number of nitrogens with zero attached hydrogens (tertiary/aromatic N) is 3. The van der Waals surface area contributed by atoms with Gasteiger partial charge in [-0.3, -0.25) is 0 Å². The van der Waals surface area contributed by atoms with E-state index in [-0.39, 0.29) is 16.2 Å². The standard InChI is InChI=1S/C50H45N3/c1-48(2)27-28-49(3,4)44-31-36(22-24-42(44)48)47-52-45(34-16-11-15-33(29-34)38-19-12-14-32-13-5-6-17-37(32)38)51-46(53-47)35-21-23-40-39-18-7-8-20-41(39)50(43(40)30-35)25-9-10-26-50/h5-8,11-24,29-31H,9-10,25-28H2,1-4H3. The summed E-state index contributed by atoms with van der Waals surface area (Å²) in [5.74, 6) is 2.15. The first-order valence-corrected chi connectivity index (χ1v) is 19.5. The van der Waals surface area contributed by atoms with E-state index in [0.717, 1.165) is 40.3 Å². The SMILES string of the molecule is CC1(C)CCC(C)(C)c2cc(-c3nc(-c4cccc(-c5cccc6ccccc56)c4)nc(-c4ccc5c(c4)C4(CCCC4)c4ccccc4-5)n3)ccc21. The molecule has 0 N–H and O–H groups in total. The summed E-state index contributed by atoms with van der Waals surface area (Å²) < 4.78 is 0.